The molecular formula is C21H21ClFN3O3. The zero-order valence-electron chi connectivity index (χ0n) is 16.0. The molecule has 1 amide bonds. The third-order valence-corrected chi connectivity index (χ3v) is 5.54. The predicted octanol–water partition coefficient (Wildman–Crippen LogP) is 3.54. The summed E-state index contributed by atoms with van der Waals surface area (Å²) >= 11 is 5.89. The molecule has 3 aromatic rings. The molecule has 6 nitrogen and oxygen atoms in total. The van der Waals surface area contributed by atoms with Gasteiger partial charge in [-0.05, 0) is 48.7 Å². The predicted molar refractivity (Wildman–Crippen MR) is 109 cm³/mol. The van der Waals surface area contributed by atoms with Crippen molar-refractivity contribution in [2.24, 2.45) is 0 Å². The van der Waals surface area contributed by atoms with Crippen LogP contribution in [0.1, 0.15) is 24.4 Å². The first-order chi connectivity index (χ1) is 13.9. The van der Waals surface area contributed by atoms with E-state index in [0.29, 0.717) is 24.4 Å². The van der Waals surface area contributed by atoms with Crippen LogP contribution >= 0.6 is 11.6 Å². The standard InChI is InChI=1S/C21H21ClFN3O3/c1-29-17-4-5-18-19(11-17)26(21(28)24-18)16-3-2-6-25(12-16)20(27)9-13-7-14(22)10-15(23)8-13/h4-5,7-8,10-11,16H,2-3,6,9,12H2,1H3,(H,24,28)/t16-/m0/s1. The van der Waals surface area contributed by atoms with Crippen molar-refractivity contribution in [2.45, 2.75) is 25.3 Å². The number of H-pyrrole nitrogens is 1. The van der Waals surface area contributed by atoms with Crippen molar-refractivity contribution in [3.63, 3.8) is 0 Å². The summed E-state index contributed by atoms with van der Waals surface area (Å²) in [7, 11) is 1.58. The number of likely N-dealkylation sites (tertiary alicyclic amines) is 1. The molecule has 1 fully saturated rings. The van der Waals surface area contributed by atoms with Crippen LogP contribution in [0.5, 0.6) is 5.75 Å². The summed E-state index contributed by atoms with van der Waals surface area (Å²) in [4.78, 5) is 30.0. The van der Waals surface area contributed by atoms with Crippen LogP contribution in [-0.4, -0.2) is 40.6 Å². The number of carbonyl (C=O) groups excluding carboxylic acids is 1. The minimum absolute atomic E-state index is 0.0702. The van der Waals surface area contributed by atoms with Gasteiger partial charge in [0.05, 0.1) is 30.6 Å². The van der Waals surface area contributed by atoms with Gasteiger partial charge in [-0.3, -0.25) is 9.36 Å². The Kier molecular flexibility index (Phi) is 5.32. The molecule has 0 spiro atoms. The third-order valence-electron chi connectivity index (χ3n) is 5.32. The first kappa shape index (κ1) is 19.5. The van der Waals surface area contributed by atoms with Gasteiger partial charge in [0.2, 0.25) is 5.91 Å². The lowest BCUT2D eigenvalue weighted by molar-refractivity contribution is -0.132. The first-order valence-electron chi connectivity index (χ1n) is 9.45. The average molecular weight is 418 g/mol. The maximum atomic E-state index is 13.6. The highest BCUT2D eigenvalue weighted by atomic mass is 35.5. The van der Waals surface area contributed by atoms with Crippen LogP contribution in [0.25, 0.3) is 11.0 Å². The number of ether oxygens (including phenoxy) is 1. The summed E-state index contributed by atoms with van der Waals surface area (Å²) in [5.74, 6) is 0.0925. The van der Waals surface area contributed by atoms with Crippen molar-refractivity contribution in [3.8, 4) is 5.75 Å². The molecule has 1 aliphatic heterocycles. The Labute approximate surface area is 171 Å². The minimum Gasteiger partial charge on any atom is -0.497 e. The Morgan fingerprint density at radius 2 is 2.14 bits per heavy atom. The van der Waals surface area contributed by atoms with E-state index in [-0.39, 0.29) is 29.1 Å². The number of hydrogen-bond donors (Lipinski definition) is 1. The van der Waals surface area contributed by atoms with E-state index < -0.39 is 5.82 Å². The number of amides is 1. The van der Waals surface area contributed by atoms with Crippen molar-refractivity contribution in [3.05, 3.63) is 63.3 Å². The van der Waals surface area contributed by atoms with Crippen LogP contribution in [-0.2, 0) is 11.2 Å². The van der Waals surface area contributed by atoms with Crippen LogP contribution < -0.4 is 10.4 Å². The van der Waals surface area contributed by atoms with E-state index in [1.807, 2.05) is 12.1 Å². The smallest absolute Gasteiger partial charge is 0.326 e. The molecule has 1 aliphatic rings. The molecule has 1 saturated heterocycles. The van der Waals surface area contributed by atoms with E-state index in [2.05, 4.69) is 4.98 Å². The fraction of sp³-hybridized carbons (Fsp3) is 0.333. The highest BCUT2D eigenvalue weighted by molar-refractivity contribution is 6.30. The molecular weight excluding hydrogens is 397 g/mol. The number of benzene rings is 2. The molecule has 2 heterocycles. The number of nitrogens with zero attached hydrogens (tertiary/aromatic N) is 2. The summed E-state index contributed by atoms with van der Waals surface area (Å²) in [6, 6.07) is 9.42. The van der Waals surface area contributed by atoms with E-state index in [1.54, 1.807) is 28.7 Å². The molecule has 1 atom stereocenters. The molecule has 0 saturated carbocycles. The van der Waals surface area contributed by atoms with E-state index >= 15 is 0 Å². The molecule has 0 aliphatic carbocycles. The summed E-state index contributed by atoms with van der Waals surface area (Å²) in [6.07, 6.45) is 1.64. The molecule has 1 aromatic heterocycles. The van der Waals surface area contributed by atoms with E-state index in [1.165, 1.54) is 12.1 Å². The van der Waals surface area contributed by atoms with E-state index in [9.17, 15) is 14.0 Å². The second kappa shape index (κ2) is 7.91. The van der Waals surface area contributed by atoms with Gasteiger partial charge in [0, 0.05) is 24.2 Å². The maximum absolute atomic E-state index is 13.6. The van der Waals surface area contributed by atoms with Crippen LogP contribution in [0, 0.1) is 5.82 Å². The van der Waals surface area contributed by atoms with Crippen molar-refractivity contribution >= 4 is 28.5 Å². The molecule has 2 aromatic carbocycles. The number of aromatic amines is 1. The number of nitrogens with one attached hydrogen (secondary N) is 1. The van der Waals surface area contributed by atoms with Gasteiger partial charge in [-0.25, -0.2) is 9.18 Å². The maximum Gasteiger partial charge on any atom is 0.326 e. The Bertz CT molecular complexity index is 1100. The monoisotopic (exact) mass is 417 g/mol. The molecule has 152 valence electrons. The number of aromatic nitrogens is 2. The van der Waals surface area contributed by atoms with Crippen molar-refractivity contribution in [2.75, 3.05) is 20.2 Å². The SMILES string of the molecule is COc1ccc2[nH]c(=O)n([C@H]3CCCN(C(=O)Cc4cc(F)cc(Cl)c4)C3)c2c1. The number of rotatable bonds is 4. The van der Waals surface area contributed by atoms with Gasteiger partial charge in [-0.15, -0.1) is 0 Å². The highest BCUT2D eigenvalue weighted by Crippen LogP contribution is 2.27. The lowest BCUT2D eigenvalue weighted by Gasteiger charge is -2.33. The van der Waals surface area contributed by atoms with Gasteiger partial charge in [0.15, 0.2) is 0 Å². The Balaban J connectivity index is 1.57. The molecule has 8 heteroatoms. The normalized spacial score (nSPS) is 16.9. The molecule has 1 N–H and O–H groups in total. The van der Waals surface area contributed by atoms with Crippen LogP contribution in [0.3, 0.4) is 0 Å². The van der Waals surface area contributed by atoms with Crippen molar-refractivity contribution in [1.82, 2.24) is 14.5 Å². The molecule has 0 bridgehead atoms. The van der Waals surface area contributed by atoms with Crippen molar-refractivity contribution in [1.29, 1.82) is 0 Å². The van der Waals surface area contributed by atoms with Gasteiger partial charge in [0.25, 0.3) is 0 Å². The molecule has 0 unspecified atom stereocenters. The number of methoxy groups -OCH3 is 1. The molecule has 4 rings (SSSR count). The average Bonchev–Trinajstić information content (AvgIpc) is 3.02. The Morgan fingerprint density at radius 3 is 2.90 bits per heavy atom. The van der Waals surface area contributed by atoms with Gasteiger partial charge in [-0.1, -0.05) is 11.6 Å². The lowest BCUT2D eigenvalue weighted by atomic mass is 10.0. The highest BCUT2D eigenvalue weighted by Gasteiger charge is 2.27. The summed E-state index contributed by atoms with van der Waals surface area (Å²) in [5, 5.41) is 0.267. The van der Waals surface area contributed by atoms with Gasteiger partial charge < -0.3 is 14.6 Å². The van der Waals surface area contributed by atoms with Gasteiger partial charge in [-0.2, -0.15) is 0 Å². The summed E-state index contributed by atoms with van der Waals surface area (Å²) in [5.41, 5.74) is 1.82. The minimum atomic E-state index is -0.462. The summed E-state index contributed by atoms with van der Waals surface area (Å²) < 4.78 is 20.6. The van der Waals surface area contributed by atoms with E-state index in [0.717, 1.165) is 23.9 Å². The zero-order valence-corrected chi connectivity index (χ0v) is 16.7. The fourth-order valence-electron chi connectivity index (χ4n) is 3.98. The number of carbonyl (C=O) groups is 1. The number of piperidine rings is 1. The Hall–Kier alpha value is -2.80. The molecule has 29 heavy (non-hydrogen) atoms. The third kappa shape index (κ3) is 4.00. The number of hydrogen-bond acceptors (Lipinski definition) is 3. The van der Waals surface area contributed by atoms with Gasteiger partial charge in [0.1, 0.15) is 11.6 Å². The topological polar surface area (TPSA) is 67.3 Å². The number of imidazole rings is 1. The number of fused-ring (bicyclic) bond motifs is 1. The quantitative estimate of drug-likeness (QED) is 0.706. The summed E-state index contributed by atoms with van der Waals surface area (Å²) in [6.45, 7) is 1.03. The molecule has 0 radical (unpaired) electrons. The largest absolute Gasteiger partial charge is 0.497 e. The van der Waals surface area contributed by atoms with E-state index in [4.69, 9.17) is 16.3 Å². The fourth-order valence-corrected chi connectivity index (χ4v) is 4.23. The van der Waals surface area contributed by atoms with Crippen LogP contribution in [0.2, 0.25) is 5.02 Å². The van der Waals surface area contributed by atoms with Crippen LogP contribution in [0.4, 0.5) is 4.39 Å². The first-order valence-corrected chi connectivity index (χ1v) is 9.83. The lowest BCUT2D eigenvalue weighted by Crippen LogP contribution is -2.43. The number of halogens is 2. The second-order valence-electron chi connectivity index (χ2n) is 7.27. The van der Waals surface area contributed by atoms with Crippen LogP contribution in [0.15, 0.2) is 41.2 Å². The zero-order chi connectivity index (χ0) is 20.5. The Morgan fingerprint density at radius 1 is 1.31 bits per heavy atom. The van der Waals surface area contributed by atoms with Gasteiger partial charge >= 0.3 is 5.69 Å². The van der Waals surface area contributed by atoms with Crippen molar-refractivity contribution < 1.29 is 13.9 Å². The second-order valence-corrected chi connectivity index (χ2v) is 7.71.